The molecule has 0 saturated heterocycles. The summed E-state index contributed by atoms with van der Waals surface area (Å²) in [5.41, 5.74) is 1.88. The molecule has 0 aliphatic rings. The average Bonchev–Trinajstić information content (AvgIpc) is 2.39. The predicted molar refractivity (Wildman–Crippen MR) is 89.5 cm³/mol. The summed E-state index contributed by atoms with van der Waals surface area (Å²) < 4.78 is 0. The number of hydrogen-bond acceptors (Lipinski definition) is 0. The van der Waals surface area contributed by atoms with Gasteiger partial charge in [0.15, 0.2) is 0 Å². The van der Waals surface area contributed by atoms with Crippen molar-refractivity contribution >= 4 is 0 Å². The molecule has 0 fully saturated rings. The van der Waals surface area contributed by atoms with Crippen molar-refractivity contribution in [2.45, 2.75) is 86.0 Å². The van der Waals surface area contributed by atoms with Crippen molar-refractivity contribution in [2.75, 3.05) is 0 Å². The molecule has 1 unspecified atom stereocenters. The third kappa shape index (κ3) is 6.99. The Morgan fingerprint density at radius 2 is 1.79 bits per heavy atom. The Kier molecular flexibility index (Phi) is 10.0. The Morgan fingerprint density at radius 3 is 2.26 bits per heavy atom. The zero-order valence-corrected chi connectivity index (χ0v) is 14.1. The molecule has 0 heteroatoms. The maximum atomic E-state index is 4.02. The van der Waals surface area contributed by atoms with E-state index in [1.54, 1.807) is 0 Å². The van der Waals surface area contributed by atoms with Crippen LogP contribution in [0, 0.1) is 11.3 Å². The van der Waals surface area contributed by atoms with Crippen LogP contribution >= 0.6 is 0 Å². The molecule has 0 rings (SSSR count). The molecule has 1 atom stereocenters. The van der Waals surface area contributed by atoms with Crippen molar-refractivity contribution < 1.29 is 0 Å². The van der Waals surface area contributed by atoms with Crippen molar-refractivity contribution in [3.05, 3.63) is 24.3 Å². The topological polar surface area (TPSA) is 0 Å². The summed E-state index contributed by atoms with van der Waals surface area (Å²) in [4.78, 5) is 0. The highest BCUT2D eigenvalue weighted by Crippen LogP contribution is 2.42. The minimum atomic E-state index is 0.549. The number of hydrogen-bond donors (Lipinski definition) is 0. The van der Waals surface area contributed by atoms with Crippen LogP contribution in [-0.2, 0) is 0 Å². The molecule has 0 saturated carbocycles. The molecular weight excluding hydrogens is 228 g/mol. The Labute approximate surface area is 122 Å². The Hall–Kier alpha value is -0.520. The fourth-order valence-corrected chi connectivity index (χ4v) is 3.22. The lowest BCUT2D eigenvalue weighted by Crippen LogP contribution is -2.27. The first-order chi connectivity index (χ1) is 9.02. The van der Waals surface area contributed by atoms with Gasteiger partial charge in [-0.05, 0) is 56.8 Å². The van der Waals surface area contributed by atoms with E-state index in [1.807, 2.05) is 0 Å². The van der Waals surface area contributed by atoms with Crippen LogP contribution in [0.15, 0.2) is 24.3 Å². The van der Waals surface area contributed by atoms with E-state index < -0.39 is 0 Å². The minimum absolute atomic E-state index is 0.549. The lowest BCUT2D eigenvalue weighted by molar-refractivity contribution is 0.132. The molecule has 112 valence electrons. The molecule has 0 aromatic carbocycles. The molecule has 0 radical (unpaired) electrons. The molecule has 0 nitrogen and oxygen atoms in total. The molecule has 0 aliphatic heterocycles. The standard InChI is InChI=1S/C19H36/c1-7-10-11-12-16-19(8-2,9-3)18(6)15-13-14-17(4)5/h10-11,18H,4,7-9,12-16H2,1-3,5-6H3. The lowest BCUT2D eigenvalue weighted by Gasteiger charge is -2.38. The summed E-state index contributed by atoms with van der Waals surface area (Å²) in [5.74, 6) is 0.830. The Bertz CT molecular complexity index is 255. The molecule has 0 amide bonds. The quantitative estimate of drug-likeness (QED) is 0.355. The van der Waals surface area contributed by atoms with E-state index in [0.29, 0.717) is 5.41 Å². The van der Waals surface area contributed by atoms with Gasteiger partial charge in [0, 0.05) is 0 Å². The zero-order valence-electron chi connectivity index (χ0n) is 14.1. The second-order valence-electron chi connectivity index (χ2n) is 6.24. The highest BCUT2D eigenvalue weighted by molar-refractivity contribution is 4.90. The van der Waals surface area contributed by atoms with Crippen molar-refractivity contribution in [3.8, 4) is 0 Å². The van der Waals surface area contributed by atoms with Crippen molar-refractivity contribution in [2.24, 2.45) is 11.3 Å². The first kappa shape index (κ1) is 18.5. The minimum Gasteiger partial charge on any atom is -0.100 e. The molecule has 0 bridgehead atoms. The van der Waals surface area contributed by atoms with Crippen LogP contribution in [0.1, 0.15) is 86.0 Å². The lowest BCUT2D eigenvalue weighted by atomic mass is 9.67. The predicted octanol–water partition coefficient (Wildman–Crippen LogP) is 6.92. The second kappa shape index (κ2) is 10.3. The third-order valence-electron chi connectivity index (χ3n) is 4.91. The van der Waals surface area contributed by atoms with Crippen molar-refractivity contribution in [1.82, 2.24) is 0 Å². The largest absolute Gasteiger partial charge is 0.100 e. The maximum absolute atomic E-state index is 4.02. The summed E-state index contributed by atoms with van der Waals surface area (Å²) in [6.07, 6.45) is 14.9. The molecule has 0 N–H and O–H groups in total. The smallest absolute Gasteiger partial charge is 0.0274 e. The van der Waals surface area contributed by atoms with Crippen LogP contribution in [0.4, 0.5) is 0 Å². The molecule has 0 spiro atoms. The molecule has 0 heterocycles. The third-order valence-corrected chi connectivity index (χ3v) is 4.91. The summed E-state index contributed by atoms with van der Waals surface area (Å²) in [5, 5.41) is 0. The Balaban J connectivity index is 4.39. The van der Waals surface area contributed by atoms with Gasteiger partial charge in [0.1, 0.15) is 0 Å². The number of rotatable bonds is 11. The van der Waals surface area contributed by atoms with Crippen LogP contribution < -0.4 is 0 Å². The normalized spacial score (nSPS) is 13.9. The highest BCUT2D eigenvalue weighted by atomic mass is 14.4. The first-order valence-electron chi connectivity index (χ1n) is 8.31. The molecule has 19 heavy (non-hydrogen) atoms. The van der Waals surface area contributed by atoms with Crippen molar-refractivity contribution in [3.63, 3.8) is 0 Å². The van der Waals surface area contributed by atoms with Crippen molar-refractivity contribution in [1.29, 1.82) is 0 Å². The van der Waals surface area contributed by atoms with E-state index >= 15 is 0 Å². The van der Waals surface area contributed by atoms with Gasteiger partial charge < -0.3 is 0 Å². The van der Waals surface area contributed by atoms with Gasteiger partial charge in [-0.1, -0.05) is 58.3 Å². The van der Waals surface area contributed by atoms with Crippen LogP contribution in [-0.4, -0.2) is 0 Å². The molecule has 0 aromatic heterocycles. The summed E-state index contributed by atoms with van der Waals surface area (Å²) in [6.45, 7) is 15.6. The van der Waals surface area contributed by atoms with E-state index in [1.165, 1.54) is 56.9 Å². The van der Waals surface area contributed by atoms with E-state index in [9.17, 15) is 0 Å². The monoisotopic (exact) mass is 264 g/mol. The van der Waals surface area contributed by atoms with Gasteiger partial charge in [0.25, 0.3) is 0 Å². The average molecular weight is 264 g/mol. The van der Waals surface area contributed by atoms with Crippen LogP contribution in [0.3, 0.4) is 0 Å². The summed E-state index contributed by atoms with van der Waals surface area (Å²) in [6, 6.07) is 0. The van der Waals surface area contributed by atoms with Gasteiger partial charge in [-0.2, -0.15) is 0 Å². The van der Waals surface area contributed by atoms with E-state index in [4.69, 9.17) is 0 Å². The SMILES string of the molecule is C=C(C)CCCC(C)C(CC)(CC)CCC=CCC. The van der Waals surface area contributed by atoms with Gasteiger partial charge in [0.2, 0.25) is 0 Å². The fraction of sp³-hybridized carbons (Fsp3) is 0.789. The van der Waals surface area contributed by atoms with Gasteiger partial charge >= 0.3 is 0 Å². The molecular formula is C19H36. The van der Waals surface area contributed by atoms with Crippen LogP contribution in [0.2, 0.25) is 0 Å². The zero-order chi connectivity index (χ0) is 14.7. The molecule has 0 aromatic rings. The van der Waals surface area contributed by atoms with Crippen LogP contribution in [0.5, 0.6) is 0 Å². The first-order valence-corrected chi connectivity index (χ1v) is 8.31. The fourth-order valence-electron chi connectivity index (χ4n) is 3.22. The summed E-state index contributed by atoms with van der Waals surface area (Å²) >= 11 is 0. The van der Waals surface area contributed by atoms with Crippen LogP contribution in [0.25, 0.3) is 0 Å². The van der Waals surface area contributed by atoms with E-state index in [2.05, 4.69) is 53.3 Å². The van der Waals surface area contributed by atoms with E-state index in [0.717, 1.165) is 5.92 Å². The molecule has 0 aliphatic carbocycles. The van der Waals surface area contributed by atoms with Gasteiger partial charge in [-0.3, -0.25) is 0 Å². The van der Waals surface area contributed by atoms with Gasteiger partial charge in [-0.25, -0.2) is 0 Å². The van der Waals surface area contributed by atoms with Gasteiger partial charge in [0.05, 0.1) is 0 Å². The summed E-state index contributed by atoms with van der Waals surface area (Å²) in [7, 11) is 0. The second-order valence-corrected chi connectivity index (χ2v) is 6.24. The highest BCUT2D eigenvalue weighted by Gasteiger charge is 2.31. The maximum Gasteiger partial charge on any atom is -0.0274 e. The Morgan fingerprint density at radius 1 is 1.16 bits per heavy atom. The van der Waals surface area contributed by atoms with E-state index in [-0.39, 0.29) is 0 Å². The van der Waals surface area contributed by atoms with Gasteiger partial charge in [-0.15, -0.1) is 6.58 Å². The number of allylic oxidation sites excluding steroid dienone is 3.